The van der Waals surface area contributed by atoms with Gasteiger partial charge in [-0.15, -0.1) is 16.4 Å². The van der Waals surface area contributed by atoms with Crippen molar-refractivity contribution >= 4 is 57.2 Å². The average Bonchev–Trinajstić information content (AvgIpc) is 3.60. The normalized spacial score (nSPS) is 11.8. The summed E-state index contributed by atoms with van der Waals surface area (Å²) in [6.45, 7) is 0.138. The molecule has 5 aromatic rings. The smallest absolute Gasteiger partial charge is 0.252 e. The van der Waals surface area contributed by atoms with Gasteiger partial charge < -0.3 is 15.1 Å². The molecule has 3 aromatic carbocycles. The first-order chi connectivity index (χ1) is 18.9. The van der Waals surface area contributed by atoms with Crippen LogP contribution in [0.1, 0.15) is 16.5 Å². The van der Waals surface area contributed by atoms with Crippen molar-refractivity contribution < 1.29 is 9.59 Å². The number of nitrogens with one attached hydrogen (secondary N) is 1. The van der Waals surface area contributed by atoms with Gasteiger partial charge in [0.1, 0.15) is 18.1 Å². The van der Waals surface area contributed by atoms with E-state index in [0.29, 0.717) is 16.2 Å². The molecule has 2 heterocycles. The van der Waals surface area contributed by atoms with E-state index in [-0.39, 0.29) is 24.9 Å². The second-order valence-corrected chi connectivity index (χ2v) is 10.6. The molecule has 0 saturated carbocycles. The van der Waals surface area contributed by atoms with Crippen LogP contribution >= 0.6 is 22.9 Å². The van der Waals surface area contributed by atoms with E-state index in [9.17, 15) is 9.59 Å². The predicted molar refractivity (Wildman–Crippen MR) is 156 cm³/mol. The standard InChI is InChI=1S/C29H27ClN6O2S/c1-34(2)23-15-13-22(14-16-23)31-29(38)28(26-8-5-17-39-26)35(18-20-9-11-21(30)12-10-20)27(37)19-36-25-7-4-3-6-24(25)32-33-36/h3-17,28H,18-19H2,1-2H3,(H,31,38). The summed E-state index contributed by atoms with van der Waals surface area (Å²) in [5.41, 5.74) is 3.95. The van der Waals surface area contributed by atoms with Gasteiger partial charge in [-0.05, 0) is 65.5 Å². The highest BCUT2D eigenvalue weighted by molar-refractivity contribution is 7.10. The van der Waals surface area contributed by atoms with E-state index in [1.54, 1.807) is 21.7 Å². The molecule has 0 fully saturated rings. The maximum absolute atomic E-state index is 14.0. The molecule has 2 aromatic heterocycles. The summed E-state index contributed by atoms with van der Waals surface area (Å²) in [4.78, 5) is 32.2. The molecule has 1 N–H and O–H groups in total. The molecule has 8 nitrogen and oxygen atoms in total. The molecular weight excluding hydrogens is 532 g/mol. The Morgan fingerprint density at radius 2 is 1.72 bits per heavy atom. The number of hydrogen-bond donors (Lipinski definition) is 1. The topological polar surface area (TPSA) is 83.4 Å². The van der Waals surface area contributed by atoms with Gasteiger partial charge in [0.05, 0.1) is 5.52 Å². The molecule has 5 rings (SSSR count). The quantitative estimate of drug-likeness (QED) is 0.254. The largest absolute Gasteiger partial charge is 0.378 e. The first-order valence-electron chi connectivity index (χ1n) is 12.3. The Labute approximate surface area is 235 Å². The second-order valence-electron chi connectivity index (χ2n) is 9.23. The van der Waals surface area contributed by atoms with Gasteiger partial charge in [-0.1, -0.05) is 47.1 Å². The van der Waals surface area contributed by atoms with Crippen molar-refractivity contribution in [1.82, 2.24) is 19.9 Å². The van der Waals surface area contributed by atoms with Gasteiger partial charge in [-0.25, -0.2) is 4.68 Å². The Hall–Kier alpha value is -4.21. The van der Waals surface area contributed by atoms with Gasteiger partial charge in [0.15, 0.2) is 0 Å². The number of carbonyl (C=O) groups is 2. The monoisotopic (exact) mass is 558 g/mol. The molecular formula is C29H27ClN6O2S. The van der Waals surface area contributed by atoms with Gasteiger partial charge in [-0.2, -0.15) is 0 Å². The molecule has 39 heavy (non-hydrogen) atoms. The average molecular weight is 559 g/mol. The molecule has 0 aliphatic carbocycles. The van der Waals surface area contributed by atoms with Crippen LogP contribution in [0.15, 0.2) is 90.3 Å². The Kier molecular flexibility index (Phi) is 7.90. The van der Waals surface area contributed by atoms with Gasteiger partial charge in [0.2, 0.25) is 5.91 Å². The van der Waals surface area contributed by atoms with Crippen molar-refractivity contribution in [1.29, 1.82) is 0 Å². The molecule has 0 bridgehead atoms. The molecule has 1 unspecified atom stereocenters. The van der Waals surface area contributed by atoms with E-state index in [0.717, 1.165) is 21.6 Å². The van der Waals surface area contributed by atoms with Crippen LogP contribution in [0.2, 0.25) is 5.02 Å². The summed E-state index contributed by atoms with van der Waals surface area (Å²) in [5.74, 6) is -0.571. The van der Waals surface area contributed by atoms with E-state index in [1.165, 1.54) is 11.3 Å². The van der Waals surface area contributed by atoms with Crippen molar-refractivity contribution in [2.45, 2.75) is 19.1 Å². The van der Waals surface area contributed by atoms with E-state index >= 15 is 0 Å². The van der Waals surface area contributed by atoms with Crippen LogP contribution in [0.4, 0.5) is 11.4 Å². The van der Waals surface area contributed by atoms with Crippen molar-refractivity contribution in [3.63, 3.8) is 0 Å². The van der Waals surface area contributed by atoms with E-state index in [1.807, 2.05) is 97.2 Å². The van der Waals surface area contributed by atoms with Gasteiger partial charge in [0.25, 0.3) is 5.91 Å². The number of rotatable bonds is 9. The highest BCUT2D eigenvalue weighted by Crippen LogP contribution is 2.30. The number of carbonyl (C=O) groups excluding carboxylic acids is 2. The maximum atomic E-state index is 14.0. The zero-order chi connectivity index (χ0) is 27.4. The lowest BCUT2D eigenvalue weighted by molar-refractivity contribution is -0.140. The summed E-state index contributed by atoms with van der Waals surface area (Å²) in [5, 5.41) is 13.9. The van der Waals surface area contributed by atoms with Crippen LogP contribution in [0, 0.1) is 0 Å². The summed E-state index contributed by atoms with van der Waals surface area (Å²) >= 11 is 7.54. The molecule has 198 valence electrons. The van der Waals surface area contributed by atoms with Gasteiger partial charge in [-0.3, -0.25) is 9.59 Å². The Morgan fingerprint density at radius 3 is 2.41 bits per heavy atom. The molecule has 0 radical (unpaired) electrons. The predicted octanol–water partition coefficient (Wildman–Crippen LogP) is 5.62. The highest BCUT2D eigenvalue weighted by atomic mass is 35.5. The van der Waals surface area contributed by atoms with E-state index in [2.05, 4.69) is 15.6 Å². The molecule has 10 heteroatoms. The van der Waals surface area contributed by atoms with Gasteiger partial charge in [0, 0.05) is 41.9 Å². The highest BCUT2D eigenvalue weighted by Gasteiger charge is 2.33. The molecule has 0 aliphatic heterocycles. The maximum Gasteiger partial charge on any atom is 0.252 e. The number of halogens is 1. The fourth-order valence-corrected chi connectivity index (χ4v) is 5.25. The number of para-hydroxylation sites is 1. The number of fused-ring (bicyclic) bond motifs is 1. The number of hydrogen-bond acceptors (Lipinski definition) is 6. The van der Waals surface area contributed by atoms with E-state index in [4.69, 9.17) is 11.6 Å². The van der Waals surface area contributed by atoms with Crippen molar-refractivity contribution in [2.75, 3.05) is 24.3 Å². The minimum Gasteiger partial charge on any atom is -0.378 e. The lowest BCUT2D eigenvalue weighted by Gasteiger charge is -2.31. The molecule has 0 saturated heterocycles. The third-order valence-electron chi connectivity index (χ3n) is 6.32. The number of thiophene rings is 1. The lowest BCUT2D eigenvalue weighted by atomic mass is 10.1. The molecule has 0 aliphatic rings. The summed E-state index contributed by atoms with van der Waals surface area (Å²) < 4.78 is 1.57. The second kappa shape index (κ2) is 11.7. The number of nitrogens with zero attached hydrogens (tertiary/aromatic N) is 5. The Morgan fingerprint density at radius 1 is 0.974 bits per heavy atom. The van der Waals surface area contributed by atoms with Crippen LogP contribution in [0.25, 0.3) is 11.0 Å². The number of aromatic nitrogens is 3. The fourth-order valence-electron chi connectivity index (χ4n) is 4.29. The summed E-state index contributed by atoms with van der Waals surface area (Å²) in [7, 11) is 3.91. The van der Waals surface area contributed by atoms with Crippen LogP contribution in [0.3, 0.4) is 0 Å². The van der Waals surface area contributed by atoms with Crippen molar-refractivity contribution in [2.24, 2.45) is 0 Å². The number of amides is 2. The van der Waals surface area contributed by atoms with Crippen LogP contribution in [0.5, 0.6) is 0 Å². The first-order valence-corrected chi connectivity index (χ1v) is 13.6. The van der Waals surface area contributed by atoms with Crippen molar-refractivity contribution in [3.8, 4) is 0 Å². The van der Waals surface area contributed by atoms with Crippen LogP contribution < -0.4 is 10.2 Å². The minimum atomic E-state index is -0.864. The van der Waals surface area contributed by atoms with Crippen LogP contribution in [-0.4, -0.2) is 45.8 Å². The van der Waals surface area contributed by atoms with E-state index < -0.39 is 6.04 Å². The third-order valence-corrected chi connectivity index (χ3v) is 7.49. The summed E-state index contributed by atoms with van der Waals surface area (Å²) in [6.07, 6.45) is 0. The first kappa shape index (κ1) is 26.4. The molecule has 2 amide bonds. The lowest BCUT2D eigenvalue weighted by Crippen LogP contribution is -2.42. The zero-order valence-corrected chi connectivity index (χ0v) is 23.1. The summed E-state index contributed by atoms with van der Waals surface area (Å²) in [6, 6.07) is 25.2. The minimum absolute atomic E-state index is 0.0687. The Bertz CT molecular complexity index is 1570. The molecule has 1 atom stereocenters. The number of benzene rings is 3. The fraction of sp³-hybridized carbons (Fsp3) is 0.172. The molecule has 0 spiro atoms. The SMILES string of the molecule is CN(C)c1ccc(NC(=O)C(c2cccs2)N(Cc2ccc(Cl)cc2)C(=O)Cn2nnc3ccccc32)cc1. The Balaban J connectivity index is 1.49. The van der Waals surface area contributed by atoms with Crippen molar-refractivity contribution in [3.05, 3.63) is 106 Å². The third kappa shape index (κ3) is 6.10. The number of anilines is 2. The van der Waals surface area contributed by atoms with Crippen LogP contribution in [-0.2, 0) is 22.7 Å². The van der Waals surface area contributed by atoms with Gasteiger partial charge >= 0.3 is 0 Å². The zero-order valence-electron chi connectivity index (χ0n) is 21.5.